The van der Waals surface area contributed by atoms with E-state index < -0.39 is 0 Å². The highest BCUT2D eigenvalue weighted by atomic mass is 35.5. The van der Waals surface area contributed by atoms with E-state index in [1.807, 2.05) is 24.3 Å². The molecule has 5 rings (SSSR count). The van der Waals surface area contributed by atoms with Crippen LogP contribution >= 0.6 is 22.7 Å². The number of halogens is 1. The number of benzene rings is 2. The Hall–Kier alpha value is -3.77. The lowest BCUT2D eigenvalue weighted by molar-refractivity contribution is -0.928. The molecule has 0 radical (unpaired) electrons. The van der Waals surface area contributed by atoms with Gasteiger partial charge in [0.25, 0.3) is 0 Å². The molecule has 1 saturated heterocycles. The molecule has 254 valence electrons. The summed E-state index contributed by atoms with van der Waals surface area (Å²) in [5.41, 5.74) is 5.47. The average molecular weight is 704 g/mol. The second-order valence-corrected chi connectivity index (χ2v) is 12.3. The van der Waals surface area contributed by atoms with Gasteiger partial charge >= 0.3 is 0 Å². The molecule has 0 bridgehead atoms. The van der Waals surface area contributed by atoms with Crippen LogP contribution in [0.5, 0.6) is 46.0 Å². The Bertz CT molecular complexity index is 1430. The fraction of sp³-hybridized carbons (Fsp3) is 0.371. The van der Waals surface area contributed by atoms with Gasteiger partial charge in [-0.25, -0.2) is 0 Å². The number of likely N-dealkylation sites (tertiary alicyclic amines) is 1. The van der Waals surface area contributed by atoms with E-state index in [4.69, 9.17) is 37.9 Å². The summed E-state index contributed by atoms with van der Waals surface area (Å²) in [6.45, 7) is 2.74. The summed E-state index contributed by atoms with van der Waals surface area (Å²) in [5.74, 6) is 4.45. The molecule has 1 aliphatic rings. The molecule has 0 unspecified atom stereocenters. The van der Waals surface area contributed by atoms with Gasteiger partial charge in [-0.1, -0.05) is 5.57 Å². The molecular formula is C35H42ClNO8S2. The van der Waals surface area contributed by atoms with E-state index >= 15 is 0 Å². The third-order valence-corrected chi connectivity index (χ3v) is 9.59. The van der Waals surface area contributed by atoms with Crippen molar-refractivity contribution in [2.45, 2.75) is 18.9 Å². The predicted octanol–water partition coefficient (Wildman–Crippen LogP) is 2.87. The molecule has 12 heteroatoms. The van der Waals surface area contributed by atoms with Crippen molar-refractivity contribution in [2.75, 3.05) is 69.0 Å². The lowest BCUT2D eigenvalue weighted by atomic mass is 9.90. The molecule has 3 heterocycles. The van der Waals surface area contributed by atoms with Crippen molar-refractivity contribution < 1.29 is 55.2 Å². The van der Waals surface area contributed by atoms with Gasteiger partial charge in [0.15, 0.2) is 29.0 Å². The second-order valence-electron chi connectivity index (χ2n) is 10.7. The number of hydrogen-bond acceptors (Lipinski definition) is 10. The topological polar surface area (TPSA) is 78.3 Å². The van der Waals surface area contributed by atoms with Crippen LogP contribution in [-0.2, 0) is 0 Å². The number of piperidine rings is 1. The monoisotopic (exact) mass is 703 g/mol. The van der Waals surface area contributed by atoms with Gasteiger partial charge in [-0.3, -0.25) is 0 Å². The minimum absolute atomic E-state index is 0. The van der Waals surface area contributed by atoms with Crippen molar-refractivity contribution in [3.63, 3.8) is 0 Å². The fourth-order valence-corrected chi connectivity index (χ4v) is 7.17. The molecule has 0 aliphatic carbocycles. The van der Waals surface area contributed by atoms with Crippen LogP contribution in [0.1, 0.15) is 24.0 Å². The van der Waals surface area contributed by atoms with Crippen molar-refractivity contribution in [2.24, 2.45) is 0 Å². The largest absolute Gasteiger partial charge is 1.00 e. The van der Waals surface area contributed by atoms with Gasteiger partial charge < -0.3 is 55.2 Å². The molecule has 2 aromatic heterocycles. The normalized spacial score (nSPS) is 14.2. The molecule has 0 atom stereocenters. The second kappa shape index (κ2) is 17.4. The first-order valence-corrected chi connectivity index (χ1v) is 16.9. The van der Waals surface area contributed by atoms with E-state index in [0.717, 1.165) is 25.9 Å². The number of ether oxygens (including phenoxy) is 8. The van der Waals surface area contributed by atoms with Crippen LogP contribution in [0.15, 0.2) is 63.5 Å². The minimum atomic E-state index is 0. The van der Waals surface area contributed by atoms with Crippen molar-refractivity contribution in [3.8, 4) is 46.0 Å². The van der Waals surface area contributed by atoms with Crippen molar-refractivity contribution >= 4 is 28.2 Å². The molecule has 1 fully saturated rings. The van der Waals surface area contributed by atoms with Crippen LogP contribution < -0.4 is 55.2 Å². The molecule has 4 aromatic rings. The molecule has 0 saturated carbocycles. The number of quaternary nitrogens is 1. The molecule has 0 spiro atoms. The zero-order valence-corrected chi connectivity index (χ0v) is 29.9. The highest BCUT2D eigenvalue weighted by Gasteiger charge is 2.30. The predicted molar refractivity (Wildman–Crippen MR) is 182 cm³/mol. The SMILES string of the molecule is COc1cc(OCC(COc2cc(OC)c(OC)c(OC)c2)[NH+]2CCC(=C(c3ccsc3)c3ccsc3)CC2)cc(OC)c1OC.[Cl-]. The Morgan fingerprint density at radius 1 is 0.638 bits per heavy atom. The van der Waals surface area contributed by atoms with Gasteiger partial charge in [-0.2, -0.15) is 22.7 Å². The smallest absolute Gasteiger partial charge is 0.203 e. The molecule has 1 aliphatic heterocycles. The summed E-state index contributed by atoms with van der Waals surface area (Å²) in [5, 5.41) is 8.80. The lowest BCUT2D eigenvalue weighted by Gasteiger charge is -2.33. The van der Waals surface area contributed by atoms with E-state index in [1.54, 1.807) is 65.3 Å². The summed E-state index contributed by atoms with van der Waals surface area (Å²) < 4.78 is 46.0. The van der Waals surface area contributed by atoms with E-state index in [-0.39, 0.29) is 18.4 Å². The summed E-state index contributed by atoms with van der Waals surface area (Å²) in [4.78, 5) is 1.42. The Labute approximate surface area is 290 Å². The number of nitrogens with one attached hydrogen (secondary N) is 1. The van der Waals surface area contributed by atoms with Gasteiger partial charge in [0, 0.05) is 37.1 Å². The van der Waals surface area contributed by atoms with Crippen molar-refractivity contribution in [1.82, 2.24) is 0 Å². The maximum absolute atomic E-state index is 6.42. The molecule has 47 heavy (non-hydrogen) atoms. The maximum atomic E-state index is 6.42. The third kappa shape index (κ3) is 8.39. The average Bonchev–Trinajstić information content (AvgIpc) is 3.83. The minimum Gasteiger partial charge on any atom is -1.00 e. The van der Waals surface area contributed by atoms with Gasteiger partial charge in [0.1, 0.15) is 24.7 Å². The van der Waals surface area contributed by atoms with Crippen LogP contribution in [0.2, 0.25) is 0 Å². The lowest BCUT2D eigenvalue weighted by Crippen LogP contribution is -3.17. The molecule has 9 nitrogen and oxygen atoms in total. The Balaban J connectivity index is 0.00000500. The number of hydrogen-bond donors (Lipinski definition) is 1. The Kier molecular flexibility index (Phi) is 13.4. The molecule has 0 amide bonds. The zero-order chi connectivity index (χ0) is 32.5. The third-order valence-electron chi connectivity index (χ3n) is 8.23. The first-order chi connectivity index (χ1) is 22.5. The van der Waals surface area contributed by atoms with Crippen LogP contribution in [0, 0.1) is 0 Å². The number of methoxy groups -OCH3 is 6. The molecule has 1 N–H and O–H groups in total. The van der Waals surface area contributed by atoms with Crippen LogP contribution in [0.25, 0.3) is 5.57 Å². The van der Waals surface area contributed by atoms with E-state index in [9.17, 15) is 0 Å². The fourth-order valence-electron chi connectivity index (χ4n) is 5.88. The Morgan fingerprint density at radius 3 is 1.36 bits per heavy atom. The first-order valence-electron chi connectivity index (χ1n) is 15.0. The number of rotatable bonds is 15. The Morgan fingerprint density at radius 2 is 1.04 bits per heavy atom. The highest BCUT2D eigenvalue weighted by Crippen LogP contribution is 2.42. The summed E-state index contributed by atoms with van der Waals surface area (Å²) in [6.07, 6.45) is 1.97. The highest BCUT2D eigenvalue weighted by molar-refractivity contribution is 7.08. The van der Waals surface area contributed by atoms with E-state index in [2.05, 4.69) is 33.7 Å². The van der Waals surface area contributed by atoms with Crippen LogP contribution in [0.4, 0.5) is 0 Å². The van der Waals surface area contributed by atoms with Gasteiger partial charge in [-0.15, -0.1) is 0 Å². The van der Waals surface area contributed by atoms with Crippen LogP contribution in [0.3, 0.4) is 0 Å². The van der Waals surface area contributed by atoms with E-state index in [1.165, 1.54) is 27.2 Å². The van der Waals surface area contributed by atoms with E-state index in [0.29, 0.717) is 59.2 Å². The van der Waals surface area contributed by atoms with Gasteiger partial charge in [0.2, 0.25) is 11.5 Å². The summed E-state index contributed by atoms with van der Waals surface area (Å²) >= 11 is 3.48. The number of thiophene rings is 2. The molecule has 2 aromatic carbocycles. The van der Waals surface area contributed by atoms with Gasteiger partial charge in [0.05, 0.1) is 55.7 Å². The zero-order valence-electron chi connectivity index (χ0n) is 27.6. The van der Waals surface area contributed by atoms with Gasteiger partial charge in [-0.05, 0) is 50.4 Å². The maximum Gasteiger partial charge on any atom is 0.203 e. The summed E-state index contributed by atoms with van der Waals surface area (Å²) in [7, 11) is 9.55. The quantitative estimate of drug-likeness (QED) is 0.203. The van der Waals surface area contributed by atoms with Crippen molar-refractivity contribution in [3.05, 3.63) is 74.6 Å². The standard InChI is InChI=1S/C35H41NO8S2.ClH/c1-37-29-15-27(16-30(38-2)34(29)41-5)43-19-26(20-44-28-17-31(39-3)35(42-6)32(18-28)40-4)36-11-7-23(8-12-36)33(24-9-13-45-21-24)25-10-14-46-22-25;/h9-10,13-18,21-22,26H,7-8,11-12,19-20H2,1-6H3;1H. The first kappa shape index (κ1) is 36.1. The molecular weight excluding hydrogens is 662 g/mol. The van der Waals surface area contributed by atoms with Crippen LogP contribution in [-0.4, -0.2) is 75.0 Å². The summed E-state index contributed by atoms with van der Waals surface area (Å²) in [6, 6.07) is 11.7. The van der Waals surface area contributed by atoms with Crippen molar-refractivity contribution in [1.29, 1.82) is 0 Å².